The van der Waals surface area contributed by atoms with Gasteiger partial charge in [-0.15, -0.1) is 0 Å². The first-order chi connectivity index (χ1) is 18.6. The average Bonchev–Trinajstić information content (AvgIpc) is 3.31. The lowest BCUT2D eigenvalue weighted by Gasteiger charge is -2.40. The Morgan fingerprint density at radius 2 is 1.85 bits per heavy atom. The smallest absolute Gasteiger partial charge is 0.327 e. The van der Waals surface area contributed by atoms with E-state index >= 15 is 4.39 Å². The van der Waals surface area contributed by atoms with Crippen molar-refractivity contribution in [3.05, 3.63) is 29.3 Å². The summed E-state index contributed by atoms with van der Waals surface area (Å²) in [5.41, 5.74) is -1.35. The predicted octanol–water partition coefficient (Wildman–Crippen LogP) is 2.54. The van der Waals surface area contributed by atoms with Crippen molar-refractivity contribution in [1.82, 2.24) is 14.9 Å². The maximum absolute atomic E-state index is 15.2. The molecule has 0 aromatic heterocycles. The van der Waals surface area contributed by atoms with Crippen LogP contribution in [0.3, 0.4) is 0 Å². The molecule has 0 aliphatic carbocycles. The van der Waals surface area contributed by atoms with Gasteiger partial charge >= 0.3 is 11.9 Å². The molecule has 1 aromatic rings. The topological polar surface area (TPSA) is 97.9 Å². The van der Waals surface area contributed by atoms with E-state index in [4.69, 9.17) is 18.9 Å². The second kappa shape index (κ2) is 14.0. The van der Waals surface area contributed by atoms with Gasteiger partial charge in [-0.05, 0) is 31.7 Å². The highest BCUT2D eigenvalue weighted by Crippen LogP contribution is 2.34. The van der Waals surface area contributed by atoms with E-state index in [2.05, 4.69) is 4.90 Å². The zero-order chi connectivity index (χ0) is 28.6. The molecule has 0 N–H and O–H groups in total. The summed E-state index contributed by atoms with van der Waals surface area (Å²) in [4.78, 5) is 40.4. The summed E-state index contributed by atoms with van der Waals surface area (Å²) in [5.74, 6) is -4.52. The molecular formula is C27H39F2N3O7. The highest BCUT2D eigenvalue weighted by Gasteiger charge is 2.48. The maximum Gasteiger partial charge on any atom is 0.327 e. The molecule has 10 nitrogen and oxygen atoms in total. The third kappa shape index (κ3) is 7.86. The van der Waals surface area contributed by atoms with Crippen LogP contribution in [0, 0.1) is 17.6 Å². The average molecular weight is 556 g/mol. The molecule has 2 aliphatic rings. The van der Waals surface area contributed by atoms with E-state index in [1.165, 1.54) is 24.3 Å². The fourth-order valence-electron chi connectivity index (χ4n) is 4.67. The Bertz CT molecular complexity index is 1020. The van der Waals surface area contributed by atoms with E-state index in [0.717, 1.165) is 18.1 Å². The van der Waals surface area contributed by atoms with E-state index < -0.39 is 48.0 Å². The number of amides is 1. The molecule has 2 fully saturated rings. The number of morpholine rings is 1. The van der Waals surface area contributed by atoms with Crippen LogP contribution in [0.5, 0.6) is 5.75 Å². The normalized spacial score (nSPS) is 20.2. The SMILES string of the molecule is COC(=O)[C@@]1(C)CCCN1N(Cc1ccc(OCCN2CCOCC2)c(F)c1F)C(=O)CC(=O)OCC(C)C. The van der Waals surface area contributed by atoms with Gasteiger partial charge in [-0.2, -0.15) is 4.39 Å². The maximum atomic E-state index is 15.2. The first-order valence-electron chi connectivity index (χ1n) is 13.3. The lowest BCUT2D eigenvalue weighted by atomic mass is 10.0. The highest BCUT2D eigenvalue weighted by atomic mass is 19.2. The number of carbonyl (C=O) groups is 3. The van der Waals surface area contributed by atoms with Crippen LogP contribution in [0.25, 0.3) is 0 Å². The molecule has 0 radical (unpaired) electrons. The molecule has 0 spiro atoms. The Morgan fingerprint density at radius 1 is 1.13 bits per heavy atom. The van der Waals surface area contributed by atoms with Gasteiger partial charge in [0.25, 0.3) is 0 Å². The van der Waals surface area contributed by atoms with E-state index in [1.54, 1.807) is 6.92 Å². The number of halogens is 2. The van der Waals surface area contributed by atoms with Crippen LogP contribution in [0.4, 0.5) is 8.78 Å². The number of hydrazine groups is 1. The van der Waals surface area contributed by atoms with Crippen molar-refractivity contribution in [3.63, 3.8) is 0 Å². The molecule has 1 amide bonds. The molecule has 2 aliphatic heterocycles. The first-order valence-corrected chi connectivity index (χ1v) is 13.3. The van der Waals surface area contributed by atoms with E-state index in [0.29, 0.717) is 32.6 Å². The third-order valence-corrected chi connectivity index (χ3v) is 6.90. The van der Waals surface area contributed by atoms with E-state index in [-0.39, 0.29) is 37.0 Å². The number of ether oxygens (including phenoxy) is 4. The number of nitrogens with zero attached hydrogens (tertiary/aromatic N) is 3. The van der Waals surface area contributed by atoms with Gasteiger partial charge in [0.2, 0.25) is 11.7 Å². The Kier molecular flexibility index (Phi) is 11.0. The number of carbonyl (C=O) groups excluding carboxylic acids is 3. The van der Waals surface area contributed by atoms with Crippen LogP contribution in [0.2, 0.25) is 0 Å². The fourth-order valence-corrected chi connectivity index (χ4v) is 4.67. The highest BCUT2D eigenvalue weighted by molar-refractivity contribution is 5.94. The molecular weight excluding hydrogens is 516 g/mol. The van der Waals surface area contributed by atoms with Gasteiger partial charge in [0, 0.05) is 31.7 Å². The molecule has 2 heterocycles. The van der Waals surface area contributed by atoms with Crippen LogP contribution in [-0.2, 0) is 35.1 Å². The van der Waals surface area contributed by atoms with Gasteiger partial charge in [-0.25, -0.2) is 14.2 Å². The third-order valence-electron chi connectivity index (χ3n) is 6.90. The molecule has 3 rings (SSSR count). The predicted molar refractivity (Wildman–Crippen MR) is 136 cm³/mol. The summed E-state index contributed by atoms with van der Waals surface area (Å²) >= 11 is 0. The quantitative estimate of drug-likeness (QED) is 0.285. The Balaban J connectivity index is 1.78. The summed E-state index contributed by atoms with van der Waals surface area (Å²) in [6, 6.07) is 2.65. The lowest BCUT2D eigenvalue weighted by Crippen LogP contribution is -2.58. The van der Waals surface area contributed by atoms with Gasteiger partial charge < -0.3 is 18.9 Å². The van der Waals surface area contributed by atoms with Crippen LogP contribution in [0.1, 0.15) is 45.6 Å². The summed E-state index contributed by atoms with van der Waals surface area (Å²) in [6.07, 6.45) is 0.321. The Hall–Kier alpha value is -2.83. The molecule has 0 saturated carbocycles. The van der Waals surface area contributed by atoms with Crippen molar-refractivity contribution in [1.29, 1.82) is 0 Å². The first kappa shape index (κ1) is 30.7. The summed E-state index contributed by atoms with van der Waals surface area (Å²) in [5, 5.41) is 2.60. The number of esters is 2. The second-order valence-corrected chi connectivity index (χ2v) is 10.4. The number of methoxy groups -OCH3 is 1. The number of hydrogen-bond donors (Lipinski definition) is 0. The van der Waals surface area contributed by atoms with Crippen LogP contribution in [0.15, 0.2) is 12.1 Å². The zero-order valence-corrected chi connectivity index (χ0v) is 23.2. The summed E-state index contributed by atoms with van der Waals surface area (Å²) < 4.78 is 51.1. The second-order valence-electron chi connectivity index (χ2n) is 10.4. The molecule has 0 bridgehead atoms. The molecule has 0 unspecified atom stereocenters. The zero-order valence-electron chi connectivity index (χ0n) is 23.2. The van der Waals surface area contributed by atoms with Crippen molar-refractivity contribution < 1.29 is 42.1 Å². The van der Waals surface area contributed by atoms with Crippen molar-refractivity contribution in [2.75, 3.05) is 59.7 Å². The summed E-state index contributed by atoms with van der Waals surface area (Å²) in [7, 11) is 1.24. The molecule has 2 saturated heterocycles. The molecule has 1 aromatic carbocycles. The van der Waals surface area contributed by atoms with Gasteiger partial charge in [-0.3, -0.25) is 19.5 Å². The summed E-state index contributed by atoms with van der Waals surface area (Å²) in [6.45, 7) is 8.81. The fraction of sp³-hybridized carbons (Fsp3) is 0.667. The molecule has 1 atom stereocenters. The van der Waals surface area contributed by atoms with Crippen LogP contribution >= 0.6 is 0 Å². The van der Waals surface area contributed by atoms with Gasteiger partial charge in [0.1, 0.15) is 18.6 Å². The number of hydrogen-bond acceptors (Lipinski definition) is 9. The van der Waals surface area contributed by atoms with Crippen molar-refractivity contribution in [2.24, 2.45) is 5.92 Å². The molecule has 12 heteroatoms. The van der Waals surface area contributed by atoms with Gasteiger partial charge in [0.15, 0.2) is 11.6 Å². The number of benzene rings is 1. The van der Waals surface area contributed by atoms with Crippen molar-refractivity contribution in [3.8, 4) is 5.75 Å². The van der Waals surface area contributed by atoms with E-state index in [9.17, 15) is 18.8 Å². The minimum absolute atomic E-state index is 0.0769. The minimum atomic E-state index is -1.22. The molecule has 39 heavy (non-hydrogen) atoms. The van der Waals surface area contributed by atoms with Crippen LogP contribution < -0.4 is 4.74 Å². The monoisotopic (exact) mass is 555 g/mol. The molecule has 218 valence electrons. The van der Waals surface area contributed by atoms with Gasteiger partial charge in [0.05, 0.1) is 33.5 Å². The van der Waals surface area contributed by atoms with Crippen LogP contribution in [-0.4, -0.2) is 98.0 Å². The standard InChI is InChI=1S/C27H39F2N3O7/c1-19(2)18-39-23(34)16-22(33)31(32-9-5-8-27(32,3)26(35)36-4)17-20-6-7-21(25(29)24(20)28)38-15-12-30-10-13-37-14-11-30/h6-7,19H,5,8-18H2,1-4H3/t27-/m1/s1. The van der Waals surface area contributed by atoms with Crippen molar-refractivity contribution in [2.45, 2.75) is 52.1 Å². The van der Waals surface area contributed by atoms with Crippen molar-refractivity contribution >= 4 is 17.8 Å². The largest absolute Gasteiger partial charge is 0.489 e. The van der Waals surface area contributed by atoms with Gasteiger partial charge in [-0.1, -0.05) is 19.9 Å². The Morgan fingerprint density at radius 3 is 2.51 bits per heavy atom. The minimum Gasteiger partial charge on any atom is -0.489 e. The Labute approximate surface area is 228 Å². The van der Waals surface area contributed by atoms with E-state index in [1.807, 2.05) is 13.8 Å². The lowest BCUT2D eigenvalue weighted by molar-refractivity contribution is -0.177. The number of rotatable bonds is 12.